The van der Waals surface area contributed by atoms with Crippen LogP contribution in [-0.4, -0.2) is 38.6 Å². The average molecular weight is 314 g/mol. The Morgan fingerprint density at radius 2 is 2.06 bits per heavy atom. The molecule has 0 fully saturated rings. The number of aromatic carboxylic acids is 1. The average Bonchev–Trinajstić information content (AvgIpc) is 2.30. The molecule has 0 heterocycles. The zero-order valence-electron chi connectivity index (χ0n) is 9.61. The Kier molecular flexibility index (Phi) is 9.19. The summed E-state index contributed by atoms with van der Waals surface area (Å²) in [5, 5.41) is 39.2. The summed E-state index contributed by atoms with van der Waals surface area (Å²) < 4.78 is 0. The number of hydrogen-bond donors (Lipinski definition) is 4. The van der Waals surface area contributed by atoms with E-state index in [-0.39, 0.29) is 73.3 Å². The number of benzene rings is 1. The Morgan fingerprint density at radius 1 is 1.44 bits per heavy atom. The molecule has 5 nitrogen and oxygen atoms in total. The maximum absolute atomic E-state index is 10.8. The predicted molar refractivity (Wildman–Crippen MR) is 64.2 cm³/mol. The minimum atomic E-state index is -1.46. The third-order valence-electron chi connectivity index (χ3n) is 1.97. The number of carbonyl (C=O) groups is 1. The van der Waals surface area contributed by atoms with Crippen molar-refractivity contribution in [2.75, 3.05) is 5.75 Å². The van der Waals surface area contributed by atoms with Gasteiger partial charge >= 0.3 is 51.4 Å². The van der Waals surface area contributed by atoms with Crippen LogP contribution in [-0.2, 0) is 0 Å². The molecule has 0 aromatic heterocycles. The number of aromatic hydroxyl groups is 1. The van der Waals surface area contributed by atoms with Gasteiger partial charge in [-0.25, -0.2) is 0 Å². The van der Waals surface area contributed by atoms with E-state index in [0.29, 0.717) is 11.8 Å². The standard InChI is InChI=1S/C10H12O5S2.K/c11-6-3-1-2-5(9(13)14)8(6)17-10(15)7(12)4-16;/h1-3,7,10-12,15-16H,4H2,(H,13,14);/q;+1/p-1. The van der Waals surface area contributed by atoms with Gasteiger partial charge in [0.05, 0.1) is 17.0 Å². The summed E-state index contributed by atoms with van der Waals surface area (Å²) in [6, 6.07) is 3.89. The van der Waals surface area contributed by atoms with Gasteiger partial charge in [0.1, 0.15) is 11.2 Å². The molecule has 0 saturated carbocycles. The molecule has 2 atom stereocenters. The van der Waals surface area contributed by atoms with Gasteiger partial charge in [0, 0.05) is 11.3 Å². The van der Waals surface area contributed by atoms with E-state index in [1.165, 1.54) is 18.2 Å². The molecule has 0 aliphatic rings. The number of carboxylic acids is 1. The normalized spacial score (nSPS) is 13.5. The summed E-state index contributed by atoms with van der Waals surface area (Å²) in [5.41, 5.74) is -1.51. The molecule has 0 aliphatic heterocycles. The van der Waals surface area contributed by atoms with E-state index in [1.54, 1.807) is 0 Å². The fraction of sp³-hybridized carbons (Fsp3) is 0.300. The first-order valence-electron chi connectivity index (χ1n) is 4.64. The van der Waals surface area contributed by atoms with Crippen molar-refractivity contribution >= 4 is 30.4 Å². The molecule has 0 amide bonds. The molecule has 0 saturated heterocycles. The predicted octanol–water partition coefficient (Wildman–Crippen LogP) is -3.54. The first kappa shape index (κ1) is 18.7. The smallest absolute Gasteiger partial charge is 0.545 e. The molecular formula is C10H11KO5S2. The largest absolute Gasteiger partial charge is 1.00 e. The van der Waals surface area contributed by atoms with Crippen LogP contribution in [0.1, 0.15) is 10.4 Å². The maximum atomic E-state index is 10.8. The number of aliphatic hydroxyl groups excluding tert-OH is 2. The summed E-state index contributed by atoms with van der Waals surface area (Å²) >= 11 is 4.44. The van der Waals surface area contributed by atoms with Crippen LogP contribution in [0.3, 0.4) is 0 Å². The number of carboxylic acid groups (broad SMARTS) is 1. The van der Waals surface area contributed by atoms with Crippen molar-refractivity contribution in [2.24, 2.45) is 0 Å². The van der Waals surface area contributed by atoms with E-state index in [2.05, 4.69) is 12.6 Å². The van der Waals surface area contributed by atoms with Crippen molar-refractivity contribution in [1.82, 2.24) is 0 Å². The molecule has 1 aromatic carbocycles. The van der Waals surface area contributed by atoms with Gasteiger partial charge in [-0.15, -0.1) is 0 Å². The van der Waals surface area contributed by atoms with Gasteiger partial charge in [-0.3, -0.25) is 0 Å². The van der Waals surface area contributed by atoms with Crippen LogP contribution in [0.25, 0.3) is 0 Å². The van der Waals surface area contributed by atoms with Crippen LogP contribution in [0.2, 0.25) is 0 Å². The Balaban J connectivity index is 0.00000289. The molecule has 0 aliphatic carbocycles. The SMILES string of the molecule is O=C([O-])c1cccc(O)c1SC(O)C(O)CS.[K+]. The fourth-order valence-corrected chi connectivity index (χ4v) is 2.40. The van der Waals surface area contributed by atoms with E-state index in [1.807, 2.05) is 0 Å². The van der Waals surface area contributed by atoms with Gasteiger partial charge in [0.15, 0.2) is 0 Å². The number of aliphatic hydroxyl groups is 2. The summed E-state index contributed by atoms with van der Waals surface area (Å²) in [6.45, 7) is 0. The van der Waals surface area contributed by atoms with E-state index in [0.717, 1.165) is 0 Å². The van der Waals surface area contributed by atoms with E-state index >= 15 is 0 Å². The van der Waals surface area contributed by atoms with Crippen LogP contribution >= 0.6 is 24.4 Å². The maximum Gasteiger partial charge on any atom is 1.00 e. The van der Waals surface area contributed by atoms with E-state index in [4.69, 9.17) is 0 Å². The zero-order valence-corrected chi connectivity index (χ0v) is 14.4. The van der Waals surface area contributed by atoms with Crippen LogP contribution in [0.4, 0.5) is 0 Å². The third kappa shape index (κ3) is 5.02. The molecule has 1 aromatic rings. The summed E-state index contributed by atoms with van der Waals surface area (Å²) in [7, 11) is 0. The molecule has 3 N–H and O–H groups in total. The first-order chi connectivity index (χ1) is 7.97. The number of thioether (sulfide) groups is 1. The van der Waals surface area contributed by atoms with Gasteiger partial charge in [0.25, 0.3) is 0 Å². The summed E-state index contributed by atoms with van der Waals surface area (Å²) in [4.78, 5) is 10.8. The topological polar surface area (TPSA) is 101 Å². The molecule has 1 rings (SSSR count). The Labute approximate surface area is 156 Å². The van der Waals surface area contributed by atoms with Crippen molar-refractivity contribution in [3.63, 3.8) is 0 Å². The minimum absolute atomic E-state index is 0. The number of hydrogen-bond acceptors (Lipinski definition) is 7. The van der Waals surface area contributed by atoms with Crippen molar-refractivity contribution in [2.45, 2.75) is 16.4 Å². The molecule has 0 bridgehead atoms. The van der Waals surface area contributed by atoms with Crippen LogP contribution in [0, 0.1) is 0 Å². The minimum Gasteiger partial charge on any atom is -0.545 e. The number of carbonyl (C=O) groups excluding carboxylic acids is 1. The molecule has 0 radical (unpaired) electrons. The van der Waals surface area contributed by atoms with Crippen molar-refractivity contribution < 1.29 is 76.6 Å². The molecule has 18 heavy (non-hydrogen) atoms. The monoisotopic (exact) mass is 314 g/mol. The second kappa shape index (κ2) is 8.83. The van der Waals surface area contributed by atoms with Crippen molar-refractivity contribution in [3.05, 3.63) is 23.8 Å². The van der Waals surface area contributed by atoms with Crippen LogP contribution in [0.15, 0.2) is 23.1 Å². The van der Waals surface area contributed by atoms with Crippen LogP contribution < -0.4 is 56.5 Å². The van der Waals surface area contributed by atoms with Gasteiger partial charge in [-0.2, -0.15) is 12.6 Å². The quantitative estimate of drug-likeness (QED) is 0.194. The molecule has 8 heteroatoms. The zero-order chi connectivity index (χ0) is 13.0. The first-order valence-corrected chi connectivity index (χ1v) is 6.15. The molecule has 94 valence electrons. The fourth-order valence-electron chi connectivity index (χ4n) is 1.10. The molecule has 0 spiro atoms. The number of rotatable bonds is 5. The van der Waals surface area contributed by atoms with Gasteiger partial charge < -0.3 is 25.2 Å². The van der Waals surface area contributed by atoms with Gasteiger partial charge in [-0.1, -0.05) is 23.9 Å². The number of phenols is 1. The van der Waals surface area contributed by atoms with Crippen LogP contribution in [0.5, 0.6) is 5.75 Å². The second-order valence-corrected chi connectivity index (χ2v) is 4.69. The Morgan fingerprint density at radius 3 is 2.56 bits per heavy atom. The Hall–Kier alpha value is 0.746. The molecular weight excluding hydrogens is 303 g/mol. The van der Waals surface area contributed by atoms with Gasteiger partial charge in [0.2, 0.25) is 0 Å². The third-order valence-corrected chi connectivity index (χ3v) is 3.56. The van der Waals surface area contributed by atoms with Gasteiger partial charge in [-0.05, 0) is 6.07 Å². The van der Waals surface area contributed by atoms with E-state index < -0.39 is 17.5 Å². The van der Waals surface area contributed by atoms with Crippen molar-refractivity contribution in [1.29, 1.82) is 0 Å². The second-order valence-electron chi connectivity index (χ2n) is 3.20. The summed E-state index contributed by atoms with van der Waals surface area (Å²) in [5.74, 6) is -1.74. The number of phenolic OH excluding ortho intramolecular Hbond substituents is 1. The van der Waals surface area contributed by atoms with Crippen molar-refractivity contribution in [3.8, 4) is 5.75 Å². The Bertz CT molecular complexity index is 415. The summed E-state index contributed by atoms with van der Waals surface area (Å²) in [6.07, 6.45) is -1.13. The number of thiol groups is 1. The molecule has 2 unspecified atom stereocenters. The van der Waals surface area contributed by atoms with E-state index in [9.17, 15) is 25.2 Å².